The van der Waals surface area contributed by atoms with Crippen LogP contribution in [-0.4, -0.2) is 32.2 Å². The minimum absolute atomic E-state index is 0.0181. The molecule has 7 nitrogen and oxygen atoms in total. The van der Waals surface area contributed by atoms with E-state index in [4.69, 9.17) is 0 Å². The number of hydrogen-bond donors (Lipinski definition) is 2. The molecule has 0 bridgehead atoms. The highest BCUT2D eigenvalue weighted by molar-refractivity contribution is 5.86. The van der Waals surface area contributed by atoms with Crippen molar-refractivity contribution in [2.75, 3.05) is 11.9 Å². The Kier molecular flexibility index (Phi) is 7.45. The van der Waals surface area contributed by atoms with Crippen LogP contribution in [0.25, 0.3) is 11.0 Å². The predicted molar refractivity (Wildman–Crippen MR) is 141 cm³/mol. The first-order valence-electron chi connectivity index (χ1n) is 12.2. The van der Waals surface area contributed by atoms with Crippen molar-refractivity contribution in [2.45, 2.75) is 25.4 Å². The van der Waals surface area contributed by atoms with Crippen molar-refractivity contribution in [1.29, 1.82) is 0 Å². The monoisotopic (exact) mass is 494 g/mol. The summed E-state index contributed by atoms with van der Waals surface area (Å²) in [6.07, 6.45) is 3.55. The van der Waals surface area contributed by atoms with Gasteiger partial charge in [0.1, 0.15) is 18.0 Å². The van der Waals surface area contributed by atoms with Gasteiger partial charge in [0, 0.05) is 25.4 Å². The topological polar surface area (TPSA) is 84.7 Å². The van der Waals surface area contributed by atoms with Gasteiger partial charge in [-0.05, 0) is 28.8 Å². The fourth-order valence-corrected chi connectivity index (χ4v) is 4.34. The molecule has 0 radical (unpaired) electrons. The molecule has 5 rings (SSSR count). The lowest BCUT2D eigenvalue weighted by atomic mass is 9.88. The van der Waals surface area contributed by atoms with Crippen LogP contribution in [0, 0.1) is 5.82 Å². The second-order valence-corrected chi connectivity index (χ2v) is 8.74. The second kappa shape index (κ2) is 11.4. The first kappa shape index (κ1) is 24.1. The maximum absolute atomic E-state index is 13.2. The van der Waals surface area contributed by atoms with Crippen molar-refractivity contribution in [3.8, 4) is 0 Å². The molecule has 2 aromatic heterocycles. The van der Waals surface area contributed by atoms with E-state index in [1.807, 2.05) is 36.4 Å². The zero-order valence-electron chi connectivity index (χ0n) is 20.2. The van der Waals surface area contributed by atoms with Crippen LogP contribution in [0.5, 0.6) is 0 Å². The van der Waals surface area contributed by atoms with Crippen molar-refractivity contribution in [2.24, 2.45) is 0 Å². The van der Waals surface area contributed by atoms with Crippen molar-refractivity contribution in [3.05, 3.63) is 120 Å². The number of hydrogen-bond acceptors (Lipinski definition) is 5. The third-order valence-corrected chi connectivity index (χ3v) is 6.25. The summed E-state index contributed by atoms with van der Waals surface area (Å²) in [6, 6.07) is 26.5. The summed E-state index contributed by atoms with van der Waals surface area (Å²) < 4.78 is 14.9. The molecule has 0 spiro atoms. The fourth-order valence-electron chi connectivity index (χ4n) is 4.34. The number of rotatable bonds is 10. The highest BCUT2D eigenvalue weighted by atomic mass is 19.1. The Balaban J connectivity index is 1.20. The Morgan fingerprint density at radius 2 is 1.57 bits per heavy atom. The minimum Gasteiger partial charge on any atom is -0.365 e. The van der Waals surface area contributed by atoms with Crippen LogP contribution in [0.4, 0.5) is 10.2 Å². The second-order valence-electron chi connectivity index (χ2n) is 8.74. The quantitative estimate of drug-likeness (QED) is 0.288. The van der Waals surface area contributed by atoms with Gasteiger partial charge in [0.2, 0.25) is 5.91 Å². The molecular weight excluding hydrogens is 467 g/mol. The lowest BCUT2D eigenvalue weighted by Crippen LogP contribution is -2.29. The Morgan fingerprint density at radius 1 is 0.892 bits per heavy atom. The number of benzene rings is 3. The van der Waals surface area contributed by atoms with Gasteiger partial charge in [0.05, 0.1) is 18.1 Å². The number of nitrogens with zero attached hydrogens (tertiary/aromatic N) is 4. The maximum atomic E-state index is 13.2. The van der Waals surface area contributed by atoms with E-state index in [1.165, 1.54) is 18.5 Å². The predicted octanol–water partition coefficient (Wildman–Crippen LogP) is 4.92. The summed E-state index contributed by atoms with van der Waals surface area (Å²) in [5.74, 6) is 0.344. The smallest absolute Gasteiger partial charge is 0.221 e. The van der Waals surface area contributed by atoms with Gasteiger partial charge in [-0.2, -0.15) is 5.10 Å². The summed E-state index contributed by atoms with van der Waals surface area (Å²) in [4.78, 5) is 21.6. The number of amides is 1. The van der Waals surface area contributed by atoms with Crippen molar-refractivity contribution in [1.82, 2.24) is 25.1 Å². The zero-order chi connectivity index (χ0) is 25.5. The normalized spacial score (nSPS) is 11.1. The first-order chi connectivity index (χ1) is 18.2. The number of nitrogens with one attached hydrogen (secondary N) is 2. The van der Waals surface area contributed by atoms with Crippen molar-refractivity contribution in [3.63, 3.8) is 0 Å². The fraction of sp³-hybridized carbons (Fsp3) is 0.172. The highest BCUT2D eigenvalue weighted by Crippen LogP contribution is 2.27. The first-order valence-corrected chi connectivity index (χ1v) is 12.2. The highest BCUT2D eigenvalue weighted by Gasteiger charge is 2.18. The molecule has 5 aromatic rings. The summed E-state index contributed by atoms with van der Waals surface area (Å²) in [5.41, 5.74) is 3.84. The molecule has 0 atom stereocenters. The molecule has 3 aromatic carbocycles. The van der Waals surface area contributed by atoms with E-state index in [0.29, 0.717) is 37.5 Å². The molecule has 0 saturated heterocycles. The van der Waals surface area contributed by atoms with Gasteiger partial charge in [0.25, 0.3) is 0 Å². The Bertz CT molecular complexity index is 1420. The van der Waals surface area contributed by atoms with Crippen molar-refractivity contribution < 1.29 is 9.18 Å². The molecule has 0 aliphatic rings. The lowest BCUT2D eigenvalue weighted by Gasteiger charge is -2.18. The molecule has 0 saturated carbocycles. The molecule has 37 heavy (non-hydrogen) atoms. The van der Waals surface area contributed by atoms with Gasteiger partial charge in [-0.3, -0.25) is 4.79 Å². The summed E-state index contributed by atoms with van der Waals surface area (Å²) >= 11 is 0. The van der Waals surface area contributed by atoms with Crippen LogP contribution >= 0.6 is 0 Å². The van der Waals surface area contributed by atoms with Gasteiger partial charge in [-0.25, -0.2) is 19.0 Å². The number of halogens is 1. The van der Waals surface area contributed by atoms with Gasteiger partial charge in [-0.1, -0.05) is 72.8 Å². The molecule has 0 fully saturated rings. The Hall–Kier alpha value is -4.59. The number of anilines is 1. The van der Waals surface area contributed by atoms with E-state index in [0.717, 1.165) is 22.1 Å². The summed E-state index contributed by atoms with van der Waals surface area (Å²) in [5, 5.41) is 11.5. The molecule has 1 amide bonds. The van der Waals surface area contributed by atoms with Crippen LogP contribution in [-0.2, 0) is 17.9 Å². The van der Waals surface area contributed by atoms with Gasteiger partial charge >= 0.3 is 0 Å². The number of carbonyl (C=O) groups is 1. The average Bonchev–Trinajstić information content (AvgIpc) is 3.36. The zero-order valence-corrected chi connectivity index (χ0v) is 20.2. The summed E-state index contributed by atoms with van der Waals surface area (Å²) in [6.45, 7) is 1.40. The van der Waals surface area contributed by atoms with E-state index >= 15 is 0 Å². The lowest BCUT2D eigenvalue weighted by molar-refractivity contribution is -0.121. The van der Waals surface area contributed by atoms with E-state index in [9.17, 15) is 9.18 Å². The average molecular weight is 495 g/mol. The Morgan fingerprint density at radius 3 is 2.24 bits per heavy atom. The van der Waals surface area contributed by atoms with Crippen LogP contribution in [0.15, 0.2) is 97.5 Å². The molecule has 186 valence electrons. The van der Waals surface area contributed by atoms with Crippen LogP contribution < -0.4 is 10.6 Å². The number of carbonyl (C=O) groups excluding carboxylic acids is 1. The Labute approximate surface area is 214 Å². The van der Waals surface area contributed by atoms with Gasteiger partial charge in [-0.15, -0.1) is 0 Å². The van der Waals surface area contributed by atoms with E-state index in [1.54, 1.807) is 23.0 Å². The van der Waals surface area contributed by atoms with Gasteiger partial charge in [0.15, 0.2) is 5.65 Å². The maximum Gasteiger partial charge on any atom is 0.221 e. The standard InChI is InChI=1S/C29H27FN6O/c30-24-13-11-21(12-14-24)18-32-28-26-19-35-36(29(26)34-20-33-28)16-15-31-27(37)17-25(22-7-3-1-4-8-22)23-9-5-2-6-10-23/h1-14,19-20,25H,15-18H2,(H,31,37)(H,32,33,34). The minimum atomic E-state index is -0.266. The van der Waals surface area contributed by atoms with Gasteiger partial charge < -0.3 is 10.6 Å². The largest absolute Gasteiger partial charge is 0.365 e. The van der Waals surface area contributed by atoms with E-state index in [2.05, 4.69) is 50.0 Å². The third kappa shape index (κ3) is 5.98. The SMILES string of the molecule is O=C(CC(c1ccccc1)c1ccccc1)NCCn1ncc2c(NCc3ccc(F)cc3)ncnc21. The van der Waals surface area contributed by atoms with E-state index in [-0.39, 0.29) is 17.6 Å². The molecule has 0 unspecified atom stereocenters. The van der Waals surface area contributed by atoms with E-state index < -0.39 is 0 Å². The molecule has 8 heteroatoms. The third-order valence-electron chi connectivity index (χ3n) is 6.25. The number of aromatic nitrogens is 4. The summed E-state index contributed by atoms with van der Waals surface area (Å²) in [7, 11) is 0. The molecule has 2 heterocycles. The molecular formula is C29H27FN6O. The van der Waals surface area contributed by atoms with Crippen LogP contribution in [0.1, 0.15) is 29.0 Å². The van der Waals surface area contributed by atoms with Crippen LogP contribution in [0.2, 0.25) is 0 Å². The van der Waals surface area contributed by atoms with Crippen LogP contribution in [0.3, 0.4) is 0 Å². The number of fused-ring (bicyclic) bond motifs is 1. The molecule has 2 N–H and O–H groups in total. The molecule has 0 aliphatic heterocycles. The molecule has 0 aliphatic carbocycles. The van der Waals surface area contributed by atoms with Crippen molar-refractivity contribution >= 4 is 22.8 Å².